The third-order valence-corrected chi connectivity index (χ3v) is 6.00. The Balaban J connectivity index is 1.38. The number of ether oxygens (including phenoxy) is 1. The van der Waals surface area contributed by atoms with Gasteiger partial charge in [-0.3, -0.25) is 4.98 Å². The number of nitrogens with one attached hydrogen (secondary N) is 2. The minimum Gasteiger partial charge on any atom is -0.467 e. The molecule has 0 spiro atoms. The Bertz CT molecular complexity index is 1030. The van der Waals surface area contributed by atoms with E-state index in [1.165, 1.54) is 13.2 Å². The maximum absolute atomic E-state index is 14.0. The molecule has 0 radical (unpaired) electrons. The zero-order valence-corrected chi connectivity index (χ0v) is 18.6. The molecule has 1 saturated heterocycles. The predicted octanol–water partition coefficient (Wildman–Crippen LogP) is 2.56. The molecule has 1 aliphatic carbocycles. The molecule has 172 valence electrons. The molecule has 2 amide bonds. The summed E-state index contributed by atoms with van der Waals surface area (Å²) in [5.41, 5.74) is -0.119. The number of hydrogen-bond donors (Lipinski definition) is 2. The van der Waals surface area contributed by atoms with E-state index in [0.29, 0.717) is 29.6 Å². The van der Waals surface area contributed by atoms with Crippen molar-refractivity contribution in [2.75, 3.05) is 31.6 Å². The maximum atomic E-state index is 14.0. The summed E-state index contributed by atoms with van der Waals surface area (Å²) in [6, 6.07) is 4.46. The summed E-state index contributed by atoms with van der Waals surface area (Å²) in [6.07, 6.45) is 3.81. The lowest BCUT2D eigenvalue weighted by molar-refractivity contribution is 0.179. The van der Waals surface area contributed by atoms with Crippen LogP contribution in [-0.4, -0.2) is 58.7 Å². The second-order valence-corrected chi connectivity index (χ2v) is 8.63. The first-order valence-electron chi connectivity index (χ1n) is 10.7. The molecule has 1 aromatic heterocycles. The number of aromatic nitrogens is 3. The number of H-pyrrole nitrogens is 1. The Labute approximate surface area is 189 Å². The van der Waals surface area contributed by atoms with Gasteiger partial charge in [0.15, 0.2) is 0 Å². The number of carbonyl (C=O) groups excluding carboxylic acids is 1. The molecule has 2 aliphatic rings. The van der Waals surface area contributed by atoms with Gasteiger partial charge in [-0.2, -0.15) is 4.98 Å². The van der Waals surface area contributed by atoms with E-state index in [0.717, 1.165) is 32.2 Å². The standard InChI is InChI=1S/C21H26ClFN6O3/c1-32-20-26-18(25-19(30)27-20)28-8-2-3-13(11-28)12-29(16-6-7-16)21(31)24-10-14-4-5-15(22)9-17(14)23/h4-5,9,13,16H,2-3,6-8,10-12H2,1H3,(H,24,31)(H,25,26,27,30). The molecule has 4 rings (SSSR count). The lowest BCUT2D eigenvalue weighted by atomic mass is 9.97. The van der Waals surface area contributed by atoms with Crippen LogP contribution in [0.2, 0.25) is 5.02 Å². The van der Waals surface area contributed by atoms with E-state index in [1.54, 1.807) is 12.1 Å². The molecule has 9 nitrogen and oxygen atoms in total. The van der Waals surface area contributed by atoms with Crippen LogP contribution in [0.15, 0.2) is 23.0 Å². The normalized spacial score (nSPS) is 18.3. The Hall–Kier alpha value is -2.88. The van der Waals surface area contributed by atoms with Gasteiger partial charge in [-0.15, -0.1) is 4.98 Å². The van der Waals surface area contributed by atoms with Gasteiger partial charge in [0, 0.05) is 42.8 Å². The number of aromatic amines is 1. The van der Waals surface area contributed by atoms with E-state index in [-0.39, 0.29) is 30.5 Å². The van der Waals surface area contributed by atoms with Crippen LogP contribution >= 0.6 is 11.6 Å². The molecule has 2 aromatic rings. The van der Waals surface area contributed by atoms with Crippen LogP contribution < -0.4 is 20.6 Å². The molecule has 1 unspecified atom stereocenters. The minimum atomic E-state index is -0.512. The van der Waals surface area contributed by atoms with Crippen molar-refractivity contribution in [3.05, 3.63) is 45.1 Å². The summed E-state index contributed by atoms with van der Waals surface area (Å²) < 4.78 is 19.0. The summed E-state index contributed by atoms with van der Waals surface area (Å²) in [6.45, 7) is 2.09. The highest BCUT2D eigenvalue weighted by molar-refractivity contribution is 6.30. The number of amides is 2. The van der Waals surface area contributed by atoms with Gasteiger partial charge in [0.1, 0.15) is 5.82 Å². The molecular formula is C21H26ClFN6O3. The highest BCUT2D eigenvalue weighted by Gasteiger charge is 2.35. The van der Waals surface area contributed by atoms with Crippen molar-refractivity contribution in [1.29, 1.82) is 0 Å². The van der Waals surface area contributed by atoms with Crippen LogP contribution in [0.5, 0.6) is 6.01 Å². The van der Waals surface area contributed by atoms with Gasteiger partial charge in [-0.05, 0) is 43.7 Å². The summed E-state index contributed by atoms with van der Waals surface area (Å²) >= 11 is 5.80. The quantitative estimate of drug-likeness (QED) is 0.652. The number of rotatable bonds is 7. The van der Waals surface area contributed by atoms with Gasteiger partial charge in [0.25, 0.3) is 0 Å². The monoisotopic (exact) mass is 464 g/mol. The zero-order chi connectivity index (χ0) is 22.7. The topological polar surface area (TPSA) is 103 Å². The van der Waals surface area contributed by atoms with Gasteiger partial charge in [0.05, 0.1) is 7.11 Å². The summed E-state index contributed by atoms with van der Waals surface area (Å²) in [4.78, 5) is 39.1. The van der Waals surface area contributed by atoms with Crippen molar-refractivity contribution in [3.8, 4) is 6.01 Å². The van der Waals surface area contributed by atoms with Crippen LogP contribution in [0.25, 0.3) is 0 Å². The number of urea groups is 1. The third kappa shape index (κ3) is 5.48. The number of methoxy groups -OCH3 is 1. The van der Waals surface area contributed by atoms with Crippen LogP contribution in [0.3, 0.4) is 0 Å². The fourth-order valence-corrected chi connectivity index (χ4v) is 4.16. The lowest BCUT2D eigenvalue weighted by Gasteiger charge is -2.36. The Morgan fingerprint density at radius 3 is 2.91 bits per heavy atom. The van der Waals surface area contributed by atoms with Crippen LogP contribution in [0.4, 0.5) is 15.1 Å². The van der Waals surface area contributed by atoms with Crippen molar-refractivity contribution in [1.82, 2.24) is 25.2 Å². The molecule has 2 fully saturated rings. The van der Waals surface area contributed by atoms with E-state index >= 15 is 0 Å². The summed E-state index contributed by atoms with van der Waals surface area (Å²) in [7, 11) is 1.42. The van der Waals surface area contributed by atoms with Crippen molar-refractivity contribution in [2.45, 2.75) is 38.3 Å². The second kappa shape index (κ2) is 9.72. The summed E-state index contributed by atoms with van der Waals surface area (Å²) in [5.74, 6) is 0.201. The van der Waals surface area contributed by atoms with Gasteiger partial charge in [0.2, 0.25) is 5.95 Å². The van der Waals surface area contributed by atoms with E-state index < -0.39 is 11.5 Å². The number of carbonyl (C=O) groups is 1. The minimum absolute atomic E-state index is 0.0271. The molecule has 1 aliphatic heterocycles. The largest absolute Gasteiger partial charge is 0.467 e. The van der Waals surface area contributed by atoms with Gasteiger partial charge in [-0.25, -0.2) is 14.0 Å². The van der Waals surface area contributed by atoms with Crippen molar-refractivity contribution >= 4 is 23.6 Å². The number of anilines is 1. The Morgan fingerprint density at radius 2 is 2.19 bits per heavy atom. The first-order chi connectivity index (χ1) is 15.4. The van der Waals surface area contributed by atoms with E-state index in [9.17, 15) is 14.0 Å². The molecule has 1 aromatic carbocycles. The molecule has 0 bridgehead atoms. The first kappa shape index (κ1) is 22.3. The fourth-order valence-electron chi connectivity index (χ4n) is 4.00. The number of benzene rings is 1. The lowest BCUT2D eigenvalue weighted by Crippen LogP contribution is -2.47. The molecular weight excluding hydrogens is 439 g/mol. The van der Waals surface area contributed by atoms with Gasteiger partial charge < -0.3 is 19.9 Å². The van der Waals surface area contributed by atoms with Crippen LogP contribution in [0.1, 0.15) is 31.2 Å². The highest BCUT2D eigenvalue weighted by atomic mass is 35.5. The number of nitrogens with zero attached hydrogens (tertiary/aromatic N) is 4. The molecule has 11 heteroatoms. The van der Waals surface area contributed by atoms with Crippen molar-refractivity contribution in [3.63, 3.8) is 0 Å². The van der Waals surface area contributed by atoms with Crippen LogP contribution in [-0.2, 0) is 6.54 Å². The Kier molecular flexibility index (Phi) is 6.78. The Morgan fingerprint density at radius 1 is 1.38 bits per heavy atom. The van der Waals surface area contributed by atoms with Gasteiger partial charge >= 0.3 is 17.7 Å². The molecule has 2 heterocycles. The van der Waals surface area contributed by atoms with E-state index in [2.05, 4.69) is 20.3 Å². The zero-order valence-electron chi connectivity index (χ0n) is 17.8. The fraction of sp³-hybridized carbons (Fsp3) is 0.524. The summed E-state index contributed by atoms with van der Waals surface area (Å²) in [5, 5.41) is 3.16. The molecule has 2 N–H and O–H groups in total. The van der Waals surface area contributed by atoms with Crippen LogP contribution in [0, 0.1) is 11.7 Å². The third-order valence-electron chi connectivity index (χ3n) is 5.77. The molecule has 1 saturated carbocycles. The number of halogens is 2. The molecule has 1 atom stereocenters. The van der Waals surface area contributed by atoms with Crippen molar-refractivity contribution in [2.24, 2.45) is 5.92 Å². The van der Waals surface area contributed by atoms with E-state index in [4.69, 9.17) is 16.3 Å². The second-order valence-electron chi connectivity index (χ2n) is 8.20. The maximum Gasteiger partial charge on any atom is 0.352 e. The highest BCUT2D eigenvalue weighted by Crippen LogP contribution is 2.30. The average molecular weight is 465 g/mol. The number of piperidine rings is 1. The van der Waals surface area contributed by atoms with Gasteiger partial charge in [-0.1, -0.05) is 17.7 Å². The van der Waals surface area contributed by atoms with Crippen molar-refractivity contribution < 1.29 is 13.9 Å². The predicted molar refractivity (Wildman–Crippen MR) is 118 cm³/mol. The van der Waals surface area contributed by atoms with E-state index in [1.807, 2.05) is 9.80 Å². The average Bonchev–Trinajstić information content (AvgIpc) is 3.61. The SMILES string of the molecule is COc1nc(N2CCCC(CN(C(=O)NCc3ccc(Cl)cc3F)C3CC3)C2)[nH]c(=O)n1. The number of hydrogen-bond acceptors (Lipinski definition) is 6. The first-order valence-corrected chi connectivity index (χ1v) is 11.1. The smallest absolute Gasteiger partial charge is 0.352 e. The molecule has 32 heavy (non-hydrogen) atoms.